The molecule has 0 amide bonds. The van der Waals surface area contributed by atoms with Gasteiger partial charge in [-0.1, -0.05) is 42.5 Å². The summed E-state index contributed by atoms with van der Waals surface area (Å²) in [6.07, 6.45) is 3.64. The molecule has 1 N–H and O–H groups in total. The number of aryl methyl sites for hydroxylation is 1. The van der Waals surface area contributed by atoms with E-state index in [1.54, 1.807) is 4.42 Å². The van der Waals surface area contributed by atoms with Crippen molar-refractivity contribution in [3.63, 3.8) is 0 Å². The van der Waals surface area contributed by atoms with E-state index in [1.807, 2.05) is 37.4 Å². The number of ether oxygens (including phenoxy) is 1. The van der Waals surface area contributed by atoms with Crippen LogP contribution in [0.2, 0.25) is 0 Å². The summed E-state index contributed by atoms with van der Waals surface area (Å²) in [7, 11) is 1.85. The Morgan fingerprint density at radius 1 is 1.04 bits per heavy atom. The van der Waals surface area contributed by atoms with Gasteiger partial charge in [0.2, 0.25) is 0 Å². The number of unbranched alkanes of at least 4 members (excludes halogenated alkanes) is 1. The lowest BCUT2D eigenvalue weighted by atomic mass is 10.1. The van der Waals surface area contributed by atoms with Gasteiger partial charge >= 0.3 is 0 Å². The quantitative estimate of drug-likeness (QED) is 0.503. The monoisotopic (exact) mass is 347 g/mol. The average molecular weight is 348 g/mol. The molecule has 0 aromatic heterocycles. The number of halogens is 1. The van der Waals surface area contributed by atoms with Crippen LogP contribution < -0.4 is 4.74 Å². The van der Waals surface area contributed by atoms with Crippen molar-refractivity contribution >= 4 is 11.8 Å². The van der Waals surface area contributed by atoms with Crippen molar-refractivity contribution in [2.75, 3.05) is 20.2 Å². The van der Waals surface area contributed by atoms with Crippen LogP contribution in [0.3, 0.4) is 0 Å². The average Bonchev–Trinajstić information content (AvgIpc) is 2.61. The van der Waals surface area contributed by atoms with Gasteiger partial charge in [0.15, 0.2) is 0 Å². The molecule has 0 bridgehead atoms. The van der Waals surface area contributed by atoms with Crippen LogP contribution in [-0.4, -0.2) is 29.7 Å². The first kappa shape index (κ1) is 18.8. The SMILES string of the molecule is CN(Cl)CCC(Oc1ccc(CCCCO)cc1)c1ccccc1. The van der Waals surface area contributed by atoms with Gasteiger partial charge in [0.25, 0.3) is 0 Å². The van der Waals surface area contributed by atoms with Crippen LogP contribution in [0, 0.1) is 0 Å². The number of nitrogens with zero attached hydrogens (tertiary/aromatic N) is 1. The third-order valence-electron chi connectivity index (χ3n) is 3.95. The second-order valence-corrected chi connectivity index (χ2v) is 6.54. The van der Waals surface area contributed by atoms with E-state index in [0.29, 0.717) is 0 Å². The highest BCUT2D eigenvalue weighted by molar-refractivity contribution is 6.13. The first-order valence-corrected chi connectivity index (χ1v) is 8.81. The minimum absolute atomic E-state index is 0.0207. The van der Waals surface area contributed by atoms with E-state index in [-0.39, 0.29) is 12.7 Å². The lowest BCUT2D eigenvalue weighted by Crippen LogP contribution is -2.15. The molecular formula is C20H26ClNO2. The van der Waals surface area contributed by atoms with Crippen molar-refractivity contribution in [3.8, 4) is 5.75 Å². The van der Waals surface area contributed by atoms with Crippen LogP contribution in [-0.2, 0) is 6.42 Å². The van der Waals surface area contributed by atoms with Gasteiger partial charge in [-0.05, 0) is 54.3 Å². The summed E-state index contributed by atoms with van der Waals surface area (Å²) in [6.45, 7) is 1.01. The lowest BCUT2D eigenvalue weighted by Gasteiger charge is -2.21. The summed E-state index contributed by atoms with van der Waals surface area (Å²) in [6, 6.07) is 18.5. The predicted molar refractivity (Wildman–Crippen MR) is 99.4 cm³/mol. The van der Waals surface area contributed by atoms with E-state index in [2.05, 4.69) is 24.3 Å². The summed E-state index contributed by atoms with van der Waals surface area (Å²) in [5.74, 6) is 0.868. The van der Waals surface area contributed by atoms with Crippen LogP contribution in [0.15, 0.2) is 54.6 Å². The van der Waals surface area contributed by atoms with Crippen LogP contribution in [0.25, 0.3) is 0 Å². The van der Waals surface area contributed by atoms with E-state index in [9.17, 15) is 0 Å². The molecule has 1 unspecified atom stereocenters. The fourth-order valence-corrected chi connectivity index (χ4v) is 2.69. The molecular weight excluding hydrogens is 322 g/mol. The largest absolute Gasteiger partial charge is 0.486 e. The Morgan fingerprint density at radius 3 is 2.38 bits per heavy atom. The number of aliphatic hydroxyl groups excluding tert-OH is 1. The number of hydrogen-bond donors (Lipinski definition) is 1. The molecule has 2 aromatic carbocycles. The van der Waals surface area contributed by atoms with Gasteiger partial charge < -0.3 is 9.84 Å². The summed E-state index contributed by atoms with van der Waals surface area (Å²) in [5.41, 5.74) is 2.43. The summed E-state index contributed by atoms with van der Waals surface area (Å²) in [5, 5.41) is 8.85. The van der Waals surface area contributed by atoms with Crippen LogP contribution in [0.5, 0.6) is 5.75 Å². The summed E-state index contributed by atoms with van der Waals surface area (Å²) < 4.78 is 7.86. The van der Waals surface area contributed by atoms with E-state index >= 15 is 0 Å². The molecule has 0 aliphatic heterocycles. The highest BCUT2D eigenvalue weighted by Crippen LogP contribution is 2.25. The van der Waals surface area contributed by atoms with Crippen molar-refractivity contribution in [2.24, 2.45) is 0 Å². The van der Waals surface area contributed by atoms with Gasteiger partial charge in [-0.2, -0.15) is 0 Å². The van der Waals surface area contributed by atoms with Gasteiger partial charge in [-0.3, -0.25) is 0 Å². The molecule has 0 aliphatic rings. The third-order valence-corrected chi connectivity index (χ3v) is 4.12. The Hall–Kier alpha value is -1.55. The smallest absolute Gasteiger partial charge is 0.125 e. The van der Waals surface area contributed by atoms with Gasteiger partial charge in [0, 0.05) is 26.6 Å². The first-order valence-electron chi connectivity index (χ1n) is 8.47. The number of aliphatic hydroxyl groups is 1. The van der Waals surface area contributed by atoms with Crippen molar-refractivity contribution in [3.05, 3.63) is 65.7 Å². The second kappa shape index (κ2) is 10.3. The molecule has 0 radical (unpaired) electrons. The maximum Gasteiger partial charge on any atom is 0.125 e. The summed E-state index contributed by atoms with van der Waals surface area (Å²) in [4.78, 5) is 0. The minimum atomic E-state index is -0.0207. The normalized spacial score (nSPS) is 12.3. The summed E-state index contributed by atoms with van der Waals surface area (Å²) >= 11 is 5.95. The Kier molecular flexibility index (Phi) is 8.10. The molecule has 0 saturated carbocycles. The maximum absolute atomic E-state index is 8.85. The van der Waals surface area contributed by atoms with Crippen molar-refractivity contribution in [1.82, 2.24) is 4.42 Å². The highest BCUT2D eigenvalue weighted by atomic mass is 35.5. The Bertz CT molecular complexity index is 572. The molecule has 0 spiro atoms. The maximum atomic E-state index is 8.85. The minimum Gasteiger partial charge on any atom is -0.486 e. The lowest BCUT2D eigenvalue weighted by molar-refractivity contribution is 0.187. The molecule has 1 atom stereocenters. The molecule has 3 nitrogen and oxygen atoms in total. The molecule has 24 heavy (non-hydrogen) atoms. The van der Waals surface area contributed by atoms with Crippen molar-refractivity contribution in [1.29, 1.82) is 0 Å². The number of rotatable bonds is 10. The molecule has 130 valence electrons. The third kappa shape index (κ3) is 6.52. The zero-order valence-electron chi connectivity index (χ0n) is 14.2. The Labute approximate surface area is 149 Å². The van der Waals surface area contributed by atoms with Gasteiger partial charge in [-0.15, -0.1) is 0 Å². The molecule has 0 fully saturated rings. The molecule has 0 aliphatic carbocycles. The van der Waals surface area contributed by atoms with Gasteiger partial charge in [-0.25, -0.2) is 4.42 Å². The highest BCUT2D eigenvalue weighted by Gasteiger charge is 2.14. The first-order chi connectivity index (χ1) is 11.7. The van der Waals surface area contributed by atoms with E-state index < -0.39 is 0 Å². The Balaban J connectivity index is 2.00. The van der Waals surface area contributed by atoms with Crippen LogP contribution >= 0.6 is 11.8 Å². The number of benzene rings is 2. The van der Waals surface area contributed by atoms with E-state index in [0.717, 1.165) is 43.5 Å². The predicted octanol–water partition coefficient (Wildman–Crippen LogP) is 4.60. The molecule has 0 saturated heterocycles. The topological polar surface area (TPSA) is 32.7 Å². The number of hydrogen-bond acceptors (Lipinski definition) is 3. The zero-order valence-corrected chi connectivity index (χ0v) is 15.0. The fraction of sp³-hybridized carbons (Fsp3) is 0.400. The molecule has 2 aromatic rings. The van der Waals surface area contributed by atoms with Gasteiger partial charge in [0.1, 0.15) is 11.9 Å². The molecule has 2 rings (SSSR count). The van der Waals surface area contributed by atoms with Crippen molar-refractivity contribution < 1.29 is 9.84 Å². The van der Waals surface area contributed by atoms with Crippen molar-refractivity contribution in [2.45, 2.75) is 31.8 Å². The second-order valence-electron chi connectivity index (χ2n) is 5.96. The Morgan fingerprint density at radius 2 is 1.75 bits per heavy atom. The van der Waals surface area contributed by atoms with Crippen LogP contribution in [0.4, 0.5) is 0 Å². The van der Waals surface area contributed by atoms with Gasteiger partial charge in [0.05, 0.1) is 0 Å². The molecule has 0 heterocycles. The fourth-order valence-electron chi connectivity index (χ4n) is 2.60. The van der Waals surface area contributed by atoms with E-state index in [4.69, 9.17) is 21.6 Å². The zero-order chi connectivity index (χ0) is 17.2. The standard InChI is InChI=1S/C20H26ClNO2/c1-22(21)15-14-20(18-8-3-2-4-9-18)24-19-12-10-17(11-13-19)7-5-6-16-23/h2-4,8-13,20,23H,5-7,14-16H2,1H3. The van der Waals surface area contributed by atoms with Crippen LogP contribution in [0.1, 0.15) is 36.5 Å². The molecule has 4 heteroatoms. The van der Waals surface area contributed by atoms with E-state index in [1.165, 1.54) is 5.56 Å².